The molecule has 0 radical (unpaired) electrons. The molecule has 0 bridgehead atoms. The van der Waals surface area contributed by atoms with E-state index in [1.807, 2.05) is 49.4 Å². The van der Waals surface area contributed by atoms with Crippen LogP contribution in [0.5, 0.6) is 17.2 Å². The standard InChI is InChI=1S/C15H16BrNO2/c1-2-18-13-4-3-5-14(9-13)19-15-7-6-12(16)8-11(15)10-17/h3-9H,2,10,17H2,1H3. The summed E-state index contributed by atoms with van der Waals surface area (Å²) in [7, 11) is 0. The van der Waals surface area contributed by atoms with Gasteiger partial charge in [-0.2, -0.15) is 0 Å². The largest absolute Gasteiger partial charge is 0.494 e. The number of halogens is 1. The normalized spacial score (nSPS) is 10.3. The topological polar surface area (TPSA) is 44.5 Å². The van der Waals surface area contributed by atoms with Crippen LogP contribution in [0.4, 0.5) is 0 Å². The first kappa shape index (κ1) is 13.9. The van der Waals surface area contributed by atoms with Crippen molar-refractivity contribution in [3.8, 4) is 17.2 Å². The number of rotatable bonds is 5. The monoisotopic (exact) mass is 321 g/mol. The van der Waals surface area contributed by atoms with E-state index in [0.29, 0.717) is 13.2 Å². The molecule has 0 amide bonds. The molecule has 100 valence electrons. The second-order valence-corrected chi connectivity index (χ2v) is 4.88. The van der Waals surface area contributed by atoms with Crippen molar-refractivity contribution in [3.63, 3.8) is 0 Å². The van der Waals surface area contributed by atoms with Gasteiger partial charge in [-0.05, 0) is 37.3 Å². The van der Waals surface area contributed by atoms with Crippen LogP contribution in [-0.2, 0) is 6.54 Å². The zero-order valence-electron chi connectivity index (χ0n) is 10.7. The third-order valence-electron chi connectivity index (χ3n) is 2.59. The van der Waals surface area contributed by atoms with Crippen molar-refractivity contribution in [1.29, 1.82) is 0 Å². The number of hydrogen-bond donors (Lipinski definition) is 1. The van der Waals surface area contributed by atoms with Crippen molar-refractivity contribution in [2.75, 3.05) is 6.61 Å². The Balaban J connectivity index is 2.23. The molecule has 0 aliphatic heterocycles. The molecular weight excluding hydrogens is 306 g/mol. The van der Waals surface area contributed by atoms with Crippen LogP contribution in [0.3, 0.4) is 0 Å². The fourth-order valence-corrected chi connectivity index (χ4v) is 2.14. The Morgan fingerprint density at radius 3 is 2.63 bits per heavy atom. The zero-order chi connectivity index (χ0) is 13.7. The van der Waals surface area contributed by atoms with Crippen LogP contribution < -0.4 is 15.2 Å². The predicted molar refractivity (Wildman–Crippen MR) is 79.7 cm³/mol. The van der Waals surface area contributed by atoms with Gasteiger partial charge in [0.15, 0.2) is 0 Å². The van der Waals surface area contributed by atoms with Gasteiger partial charge in [0, 0.05) is 22.6 Å². The summed E-state index contributed by atoms with van der Waals surface area (Å²) in [4.78, 5) is 0. The van der Waals surface area contributed by atoms with Gasteiger partial charge in [0.05, 0.1) is 6.61 Å². The summed E-state index contributed by atoms with van der Waals surface area (Å²) in [5.41, 5.74) is 6.68. The van der Waals surface area contributed by atoms with Gasteiger partial charge in [-0.3, -0.25) is 0 Å². The minimum Gasteiger partial charge on any atom is -0.494 e. The van der Waals surface area contributed by atoms with E-state index in [2.05, 4.69) is 15.9 Å². The minimum atomic E-state index is 0.430. The van der Waals surface area contributed by atoms with Gasteiger partial charge < -0.3 is 15.2 Å². The fraction of sp³-hybridized carbons (Fsp3) is 0.200. The van der Waals surface area contributed by atoms with Crippen LogP contribution in [0.25, 0.3) is 0 Å². The lowest BCUT2D eigenvalue weighted by Gasteiger charge is -2.11. The average Bonchev–Trinajstić information content (AvgIpc) is 2.41. The van der Waals surface area contributed by atoms with Gasteiger partial charge in [-0.1, -0.05) is 22.0 Å². The lowest BCUT2D eigenvalue weighted by atomic mass is 10.2. The highest BCUT2D eigenvalue weighted by atomic mass is 79.9. The van der Waals surface area contributed by atoms with Crippen molar-refractivity contribution in [2.24, 2.45) is 5.73 Å². The molecule has 0 saturated heterocycles. The van der Waals surface area contributed by atoms with Crippen molar-refractivity contribution >= 4 is 15.9 Å². The molecule has 2 aromatic rings. The molecular formula is C15H16BrNO2. The molecule has 0 saturated carbocycles. The number of benzene rings is 2. The quantitative estimate of drug-likeness (QED) is 0.901. The van der Waals surface area contributed by atoms with E-state index < -0.39 is 0 Å². The summed E-state index contributed by atoms with van der Waals surface area (Å²) in [6, 6.07) is 13.4. The molecule has 4 heteroatoms. The highest BCUT2D eigenvalue weighted by Gasteiger charge is 2.05. The van der Waals surface area contributed by atoms with E-state index in [0.717, 1.165) is 27.3 Å². The molecule has 0 aliphatic carbocycles. The van der Waals surface area contributed by atoms with Crippen molar-refractivity contribution in [3.05, 3.63) is 52.5 Å². The maximum atomic E-state index is 5.86. The summed E-state index contributed by atoms with van der Waals surface area (Å²) in [6.07, 6.45) is 0. The molecule has 0 unspecified atom stereocenters. The van der Waals surface area contributed by atoms with E-state index in [9.17, 15) is 0 Å². The van der Waals surface area contributed by atoms with Crippen LogP contribution in [0.15, 0.2) is 46.9 Å². The highest BCUT2D eigenvalue weighted by Crippen LogP contribution is 2.29. The van der Waals surface area contributed by atoms with E-state index >= 15 is 0 Å². The molecule has 2 rings (SSSR count). The molecule has 2 aromatic carbocycles. The third-order valence-corrected chi connectivity index (χ3v) is 3.08. The van der Waals surface area contributed by atoms with Crippen LogP contribution >= 0.6 is 15.9 Å². The molecule has 0 spiro atoms. The van der Waals surface area contributed by atoms with Crippen molar-refractivity contribution < 1.29 is 9.47 Å². The molecule has 0 aliphatic rings. The van der Waals surface area contributed by atoms with Gasteiger partial charge in [0.2, 0.25) is 0 Å². The van der Waals surface area contributed by atoms with Crippen LogP contribution in [-0.4, -0.2) is 6.61 Å². The Morgan fingerprint density at radius 2 is 1.89 bits per heavy atom. The Kier molecular flexibility index (Phi) is 4.82. The Morgan fingerprint density at radius 1 is 1.11 bits per heavy atom. The minimum absolute atomic E-state index is 0.430. The second kappa shape index (κ2) is 6.59. The molecule has 0 heterocycles. The number of nitrogens with two attached hydrogens (primary N) is 1. The first-order valence-electron chi connectivity index (χ1n) is 6.12. The molecule has 0 fully saturated rings. The third kappa shape index (κ3) is 3.72. The molecule has 0 atom stereocenters. The molecule has 0 aromatic heterocycles. The number of hydrogen-bond acceptors (Lipinski definition) is 3. The van der Waals surface area contributed by atoms with Gasteiger partial charge in [0.1, 0.15) is 17.2 Å². The van der Waals surface area contributed by atoms with E-state index in [-0.39, 0.29) is 0 Å². The maximum absolute atomic E-state index is 5.86. The SMILES string of the molecule is CCOc1cccc(Oc2ccc(Br)cc2CN)c1. The number of ether oxygens (including phenoxy) is 2. The first-order chi connectivity index (χ1) is 9.22. The van der Waals surface area contributed by atoms with Gasteiger partial charge in [0.25, 0.3) is 0 Å². The van der Waals surface area contributed by atoms with Crippen molar-refractivity contribution in [1.82, 2.24) is 0 Å². The Bertz CT molecular complexity index is 558. The van der Waals surface area contributed by atoms with Crippen LogP contribution in [0, 0.1) is 0 Å². The van der Waals surface area contributed by atoms with Gasteiger partial charge in [-0.25, -0.2) is 0 Å². The fourth-order valence-electron chi connectivity index (χ4n) is 1.73. The zero-order valence-corrected chi connectivity index (χ0v) is 12.3. The molecule has 3 nitrogen and oxygen atoms in total. The Labute approximate surface area is 121 Å². The van der Waals surface area contributed by atoms with E-state index in [1.165, 1.54) is 0 Å². The average molecular weight is 322 g/mol. The van der Waals surface area contributed by atoms with Gasteiger partial charge in [-0.15, -0.1) is 0 Å². The van der Waals surface area contributed by atoms with Crippen LogP contribution in [0.2, 0.25) is 0 Å². The summed E-state index contributed by atoms with van der Waals surface area (Å²) in [5.74, 6) is 2.30. The highest BCUT2D eigenvalue weighted by molar-refractivity contribution is 9.10. The van der Waals surface area contributed by atoms with Crippen LogP contribution in [0.1, 0.15) is 12.5 Å². The van der Waals surface area contributed by atoms with Gasteiger partial charge >= 0.3 is 0 Å². The smallest absolute Gasteiger partial charge is 0.131 e. The summed E-state index contributed by atoms with van der Waals surface area (Å²) in [5, 5.41) is 0. The lowest BCUT2D eigenvalue weighted by Crippen LogP contribution is -1.99. The first-order valence-corrected chi connectivity index (χ1v) is 6.91. The lowest BCUT2D eigenvalue weighted by molar-refractivity contribution is 0.338. The maximum Gasteiger partial charge on any atom is 0.131 e. The summed E-state index contributed by atoms with van der Waals surface area (Å²) >= 11 is 3.42. The Hall–Kier alpha value is -1.52. The predicted octanol–water partition coefficient (Wildman–Crippen LogP) is 4.10. The summed E-state index contributed by atoms with van der Waals surface area (Å²) < 4.78 is 12.3. The molecule has 19 heavy (non-hydrogen) atoms. The summed E-state index contributed by atoms with van der Waals surface area (Å²) in [6.45, 7) is 3.02. The van der Waals surface area contributed by atoms with Crippen molar-refractivity contribution in [2.45, 2.75) is 13.5 Å². The second-order valence-electron chi connectivity index (χ2n) is 3.97. The van der Waals surface area contributed by atoms with E-state index in [4.69, 9.17) is 15.2 Å². The van der Waals surface area contributed by atoms with E-state index in [1.54, 1.807) is 0 Å². The molecule has 2 N–H and O–H groups in total.